The lowest BCUT2D eigenvalue weighted by Gasteiger charge is -2.34. The molecule has 1 aliphatic heterocycles. The third-order valence-corrected chi connectivity index (χ3v) is 6.09. The van der Waals surface area contributed by atoms with Crippen LogP contribution in [0.15, 0.2) is 17.1 Å². The monoisotopic (exact) mass is 548 g/mol. The van der Waals surface area contributed by atoms with Crippen molar-refractivity contribution in [1.29, 1.82) is 0 Å². The number of benzene rings is 1. The summed E-state index contributed by atoms with van der Waals surface area (Å²) >= 11 is 0. The lowest BCUT2D eigenvalue weighted by atomic mass is 9.93. The van der Waals surface area contributed by atoms with E-state index in [4.69, 9.17) is 14.2 Å². The molecule has 0 radical (unpaired) electrons. The van der Waals surface area contributed by atoms with Crippen LogP contribution < -0.4 is 24.8 Å². The zero-order chi connectivity index (χ0) is 21.9. The van der Waals surface area contributed by atoms with E-state index in [1.807, 2.05) is 19.2 Å². The molecule has 0 spiro atoms. The zero-order valence-electron chi connectivity index (χ0n) is 20.0. The van der Waals surface area contributed by atoms with Crippen LogP contribution in [0, 0.1) is 5.92 Å². The van der Waals surface area contributed by atoms with E-state index in [1.54, 1.807) is 21.3 Å². The molecule has 1 heterocycles. The number of ether oxygens (including phenoxy) is 3. The predicted octanol–water partition coefficient (Wildman–Crippen LogP) is 3.90. The quantitative estimate of drug-likeness (QED) is 0.249. The molecule has 2 N–H and O–H groups in total. The fraction of sp³-hybridized carbons (Fsp3) is 0.696. The second-order valence-electron chi connectivity index (χ2n) is 7.73. The van der Waals surface area contributed by atoms with Crippen molar-refractivity contribution in [2.45, 2.75) is 52.1 Å². The van der Waals surface area contributed by atoms with Gasteiger partial charge in [-0.25, -0.2) is 0 Å². The number of rotatable bonds is 11. The average molecular weight is 549 g/mol. The number of halogens is 1. The van der Waals surface area contributed by atoms with Gasteiger partial charge in [0, 0.05) is 26.2 Å². The van der Waals surface area contributed by atoms with Gasteiger partial charge < -0.3 is 24.8 Å². The third kappa shape index (κ3) is 7.59. The lowest BCUT2D eigenvalue weighted by Crippen LogP contribution is -2.49. The van der Waals surface area contributed by atoms with Crippen molar-refractivity contribution < 1.29 is 14.2 Å². The largest absolute Gasteiger partial charge is 0.493 e. The molecule has 8 heteroatoms. The van der Waals surface area contributed by atoms with E-state index in [2.05, 4.69) is 34.4 Å². The van der Waals surface area contributed by atoms with Crippen LogP contribution in [0.25, 0.3) is 0 Å². The summed E-state index contributed by atoms with van der Waals surface area (Å²) in [5.41, 5.74) is 1.03. The summed E-state index contributed by atoms with van der Waals surface area (Å²) in [5.74, 6) is 3.41. The molecule has 1 atom stereocenters. The van der Waals surface area contributed by atoms with E-state index in [1.165, 1.54) is 38.8 Å². The molecule has 1 fully saturated rings. The van der Waals surface area contributed by atoms with Gasteiger partial charge in [-0.3, -0.25) is 9.89 Å². The standard InChI is InChI=1S/C23H40N4O3.HI/c1-7-18(8-2)19(27-11-9-10-12-27)16-26-23(24-3)25-15-17-13-20(28-4)22(30-6)21(14-17)29-5;/h13-14,18-19H,7-12,15-16H2,1-6H3,(H2,24,25,26);1H. The fourth-order valence-electron chi connectivity index (χ4n) is 4.35. The van der Waals surface area contributed by atoms with Gasteiger partial charge in [0.05, 0.1) is 21.3 Å². The normalized spacial score (nSPS) is 15.4. The number of hydrogen-bond donors (Lipinski definition) is 2. The third-order valence-electron chi connectivity index (χ3n) is 6.09. The number of hydrogen-bond acceptors (Lipinski definition) is 5. The van der Waals surface area contributed by atoms with Gasteiger partial charge in [0.2, 0.25) is 5.75 Å². The topological polar surface area (TPSA) is 67.4 Å². The Morgan fingerprint density at radius 2 is 1.58 bits per heavy atom. The van der Waals surface area contributed by atoms with E-state index in [9.17, 15) is 0 Å². The number of methoxy groups -OCH3 is 3. The van der Waals surface area contributed by atoms with Crippen molar-refractivity contribution in [2.75, 3.05) is 48.0 Å². The highest BCUT2D eigenvalue weighted by atomic mass is 127. The Kier molecular flexibility index (Phi) is 13.0. The minimum absolute atomic E-state index is 0. The smallest absolute Gasteiger partial charge is 0.203 e. The van der Waals surface area contributed by atoms with Gasteiger partial charge in [-0.15, -0.1) is 24.0 Å². The molecule has 31 heavy (non-hydrogen) atoms. The summed E-state index contributed by atoms with van der Waals surface area (Å²) in [6.07, 6.45) is 5.03. The molecule has 1 aromatic carbocycles. The molecule has 0 bridgehead atoms. The van der Waals surface area contributed by atoms with Crippen LogP contribution in [0.3, 0.4) is 0 Å². The van der Waals surface area contributed by atoms with Crippen molar-refractivity contribution in [3.63, 3.8) is 0 Å². The van der Waals surface area contributed by atoms with E-state index < -0.39 is 0 Å². The maximum absolute atomic E-state index is 5.46. The van der Waals surface area contributed by atoms with Gasteiger partial charge in [0.15, 0.2) is 17.5 Å². The van der Waals surface area contributed by atoms with Crippen LogP contribution in [0.5, 0.6) is 17.2 Å². The Balaban J connectivity index is 0.00000480. The van der Waals surface area contributed by atoms with Gasteiger partial charge in [0.25, 0.3) is 0 Å². The summed E-state index contributed by atoms with van der Waals surface area (Å²) < 4.78 is 16.3. The maximum Gasteiger partial charge on any atom is 0.203 e. The first-order chi connectivity index (χ1) is 14.6. The van der Waals surface area contributed by atoms with Gasteiger partial charge in [-0.2, -0.15) is 0 Å². The van der Waals surface area contributed by atoms with Gasteiger partial charge in [-0.05, 0) is 49.5 Å². The van der Waals surface area contributed by atoms with Crippen molar-refractivity contribution in [3.05, 3.63) is 17.7 Å². The molecule has 1 unspecified atom stereocenters. The highest BCUT2D eigenvalue weighted by molar-refractivity contribution is 14.0. The van der Waals surface area contributed by atoms with Crippen LogP contribution in [0.4, 0.5) is 0 Å². The van der Waals surface area contributed by atoms with Crippen LogP contribution in [0.2, 0.25) is 0 Å². The van der Waals surface area contributed by atoms with E-state index >= 15 is 0 Å². The highest BCUT2D eigenvalue weighted by Crippen LogP contribution is 2.38. The van der Waals surface area contributed by atoms with E-state index in [-0.39, 0.29) is 24.0 Å². The summed E-state index contributed by atoms with van der Waals surface area (Å²) in [6.45, 7) is 8.53. The molecule has 178 valence electrons. The first-order valence-electron chi connectivity index (χ1n) is 11.1. The number of guanidine groups is 1. The molecule has 0 saturated carbocycles. The summed E-state index contributed by atoms with van der Waals surface area (Å²) in [7, 11) is 6.68. The van der Waals surface area contributed by atoms with Crippen LogP contribution in [-0.2, 0) is 6.54 Å². The Hall–Kier alpha value is -1.42. The Morgan fingerprint density at radius 1 is 1.00 bits per heavy atom. The molecular weight excluding hydrogens is 507 g/mol. The van der Waals surface area contributed by atoms with Crippen molar-refractivity contribution in [2.24, 2.45) is 10.9 Å². The minimum Gasteiger partial charge on any atom is -0.493 e. The second kappa shape index (κ2) is 14.6. The first kappa shape index (κ1) is 27.6. The summed E-state index contributed by atoms with van der Waals surface area (Å²) in [4.78, 5) is 7.07. The van der Waals surface area contributed by atoms with Crippen molar-refractivity contribution in [3.8, 4) is 17.2 Å². The van der Waals surface area contributed by atoms with Gasteiger partial charge in [0.1, 0.15) is 0 Å². The number of aliphatic imine (C=N–C) groups is 1. The van der Waals surface area contributed by atoms with Gasteiger partial charge >= 0.3 is 0 Å². The molecule has 2 rings (SSSR count). The molecule has 0 aliphatic carbocycles. The molecule has 0 aromatic heterocycles. The number of nitrogens with one attached hydrogen (secondary N) is 2. The van der Waals surface area contributed by atoms with Gasteiger partial charge in [-0.1, -0.05) is 26.7 Å². The molecule has 7 nitrogen and oxygen atoms in total. The molecular formula is C23H41IN4O3. The SMILES string of the molecule is CCC(CC)C(CNC(=NC)NCc1cc(OC)c(OC)c(OC)c1)N1CCCC1.I. The summed E-state index contributed by atoms with van der Waals surface area (Å²) in [6, 6.07) is 4.46. The maximum atomic E-state index is 5.46. The zero-order valence-corrected chi connectivity index (χ0v) is 22.3. The predicted molar refractivity (Wildman–Crippen MR) is 138 cm³/mol. The Labute approximate surface area is 205 Å². The molecule has 0 amide bonds. The first-order valence-corrected chi connectivity index (χ1v) is 11.1. The molecule has 1 saturated heterocycles. The van der Waals surface area contributed by atoms with Crippen molar-refractivity contribution in [1.82, 2.24) is 15.5 Å². The second-order valence-corrected chi connectivity index (χ2v) is 7.73. The van der Waals surface area contributed by atoms with Crippen LogP contribution >= 0.6 is 24.0 Å². The minimum atomic E-state index is 0. The number of nitrogens with zero attached hydrogens (tertiary/aromatic N) is 2. The fourth-order valence-corrected chi connectivity index (χ4v) is 4.35. The van der Waals surface area contributed by atoms with Crippen molar-refractivity contribution >= 4 is 29.9 Å². The van der Waals surface area contributed by atoms with Crippen LogP contribution in [-0.4, -0.2) is 64.9 Å². The molecule has 1 aliphatic rings. The van der Waals surface area contributed by atoms with E-state index in [0.29, 0.717) is 35.8 Å². The lowest BCUT2D eigenvalue weighted by molar-refractivity contribution is 0.166. The summed E-state index contributed by atoms with van der Waals surface area (Å²) in [5, 5.41) is 6.97. The Bertz CT molecular complexity index is 650. The van der Waals surface area contributed by atoms with Crippen LogP contribution in [0.1, 0.15) is 45.1 Å². The average Bonchev–Trinajstić information content (AvgIpc) is 3.32. The highest BCUT2D eigenvalue weighted by Gasteiger charge is 2.27. The number of likely N-dealkylation sites (tertiary alicyclic amines) is 1. The van der Waals surface area contributed by atoms with E-state index in [0.717, 1.165) is 18.1 Å². The molecule has 1 aromatic rings. The Morgan fingerprint density at radius 3 is 2.03 bits per heavy atom.